The standard InChI is InChI=1S/C17H18FN3O4S/c1-11-5-14(25-15-9-21(10-15)26(2,23)24)7-16(20-11)17(22)6-13-4-3-12(18)8-19-13/h3-5,7-8,15H,6,9-10H2,1-2H3. The van der Waals surface area contributed by atoms with Crippen LogP contribution in [0, 0.1) is 12.7 Å². The quantitative estimate of drug-likeness (QED) is 0.705. The molecular formula is C17H18FN3O4S. The monoisotopic (exact) mass is 379 g/mol. The second kappa shape index (κ2) is 7.08. The summed E-state index contributed by atoms with van der Waals surface area (Å²) in [6.45, 7) is 2.30. The van der Waals surface area contributed by atoms with Crippen LogP contribution in [0.5, 0.6) is 5.75 Å². The highest BCUT2D eigenvalue weighted by Gasteiger charge is 2.34. The Hall–Kier alpha value is -2.39. The van der Waals surface area contributed by atoms with E-state index in [-0.39, 0.29) is 37.1 Å². The van der Waals surface area contributed by atoms with Crippen molar-refractivity contribution in [1.29, 1.82) is 0 Å². The van der Waals surface area contributed by atoms with Gasteiger partial charge in [-0.2, -0.15) is 4.31 Å². The number of aromatic nitrogens is 2. The number of hydrogen-bond acceptors (Lipinski definition) is 6. The van der Waals surface area contributed by atoms with Crippen LogP contribution in [0.1, 0.15) is 21.9 Å². The molecule has 3 rings (SSSR count). The fraction of sp³-hybridized carbons (Fsp3) is 0.353. The van der Waals surface area contributed by atoms with Crippen molar-refractivity contribution in [2.45, 2.75) is 19.4 Å². The third-order valence-electron chi connectivity index (χ3n) is 3.93. The van der Waals surface area contributed by atoms with E-state index in [1.54, 1.807) is 13.0 Å². The predicted molar refractivity (Wildman–Crippen MR) is 92.0 cm³/mol. The number of rotatable bonds is 6. The third kappa shape index (κ3) is 4.41. The van der Waals surface area contributed by atoms with Crippen molar-refractivity contribution in [2.75, 3.05) is 19.3 Å². The van der Waals surface area contributed by atoms with Gasteiger partial charge in [0.2, 0.25) is 10.0 Å². The second-order valence-electron chi connectivity index (χ2n) is 6.22. The summed E-state index contributed by atoms with van der Waals surface area (Å²) < 4.78 is 42.7. The Morgan fingerprint density at radius 2 is 2.08 bits per heavy atom. The highest BCUT2D eigenvalue weighted by atomic mass is 32.2. The molecule has 0 aromatic carbocycles. The number of Topliss-reactive ketones (excluding diaryl/α,β-unsaturated/α-hetero) is 1. The molecule has 0 radical (unpaired) electrons. The van der Waals surface area contributed by atoms with E-state index in [9.17, 15) is 17.6 Å². The van der Waals surface area contributed by atoms with Gasteiger partial charge in [0.05, 0.1) is 32.0 Å². The summed E-state index contributed by atoms with van der Waals surface area (Å²) in [5, 5.41) is 0. The number of carbonyl (C=O) groups is 1. The Labute approximate surface area is 150 Å². The molecule has 2 aromatic rings. The van der Waals surface area contributed by atoms with E-state index >= 15 is 0 Å². The van der Waals surface area contributed by atoms with Gasteiger partial charge in [-0.15, -0.1) is 0 Å². The fourth-order valence-corrected chi connectivity index (χ4v) is 3.43. The van der Waals surface area contributed by atoms with Crippen molar-refractivity contribution < 1.29 is 22.3 Å². The van der Waals surface area contributed by atoms with E-state index < -0.39 is 15.8 Å². The molecule has 0 atom stereocenters. The fourth-order valence-electron chi connectivity index (χ4n) is 2.55. The van der Waals surface area contributed by atoms with Crippen LogP contribution in [-0.2, 0) is 16.4 Å². The van der Waals surface area contributed by atoms with Crippen molar-refractivity contribution in [2.24, 2.45) is 0 Å². The van der Waals surface area contributed by atoms with Crippen LogP contribution in [0.15, 0.2) is 30.5 Å². The number of carbonyl (C=O) groups excluding carboxylic acids is 1. The average molecular weight is 379 g/mol. The van der Waals surface area contributed by atoms with Crippen molar-refractivity contribution in [3.63, 3.8) is 0 Å². The topological polar surface area (TPSA) is 89.5 Å². The van der Waals surface area contributed by atoms with Gasteiger partial charge in [0, 0.05) is 23.5 Å². The minimum atomic E-state index is -3.21. The van der Waals surface area contributed by atoms with Crippen LogP contribution >= 0.6 is 0 Å². The van der Waals surface area contributed by atoms with Gasteiger partial charge >= 0.3 is 0 Å². The molecule has 0 unspecified atom stereocenters. The largest absolute Gasteiger partial charge is 0.488 e. The molecule has 1 aliphatic heterocycles. The zero-order valence-electron chi connectivity index (χ0n) is 14.3. The lowest BCUT2D eigenvalue weighted by atomic mass is 10.1. The highest BCUT2D eigenvalue weighted by Crippen LogP contribution is 2.22. The number of ketones is 1. The molecule has 138 valence electrons. The summed E-state index contributed by atoms with van der Waals surface area (Å²) in [4.78, 5) is 20.5. The van der Waals surface area contributed by atoms with Crippen LogP contribution in [0.25, 0.3) is 0 Å². The number of hydrogen-bond donors (Lipinski definition) is 0. The minimum absolute atomic E-state index is 0.00145. The number of halogens is 1. The van der Waals surface area contributed by atoms with E-state index in [2.05, 4.69) is 9.97 Å². The highest BCUT2D eigenvalue weighted by molar-refractivity contribution is 7.88. The molecule has 3 heterocycles. The summed E-state index contributed by atoms with van der Waals surface area (Å²) in [5.74, 6) is -0.260. The van der Waals surface area contributed by atoms with E-state index in [1.807, 2.05) is 0 Å². The summed E-state index contributed by atoms with van der Waals surface area (Å²) in [6, 6.07) is 5.92. The number of aryl methyl sites for hydroxylation is 1. The van der Waals surface area contributed by atoms with Gasteiger partial charge in [0.25, 0.3) is 0 Å². The Balaban J connectivity index is 1.67. The third-order valence-corrected chi connectivity index (χ3v) is 5.17. The Kier molecular flexibility index (Phi) is 5.01. The van der Waals surface area contributed by atoms with Crippen molar-refractivity contribution >= 4 is 15.8 Å². The van der Waals surface area contributed by atoms with Crippen LogP contribution in [0.2, 0.25) is 0 Å². The Morgan fingerprint density at radius 1 is 1.35 bits per heavy atom. The predicted octanol–water partition coefficient (Wildman–Crippen LogP) is 1.37. The molecule has 0 bridgehead atoms. The number of ether oxygens (including phenoxy) is 1. The van der Waals surface area contributed by atoms with E-state index in [4.69, 9.17) is 4.74 Å². The van der Waals surface area contributed by atoms with E-state index in [1.165, 1.54) is 22.5 Å². The van der Waals surface area contributed by atoms with Crippen molar-refractivity contribution in [1.82, 2.24) is 14.3 Å². The maximum atomic E-state index is 12.9. The molecule has 0 aliphatic carbocycles. The number of pyridine rings is 2. The van der Waals surface area contributed by atoms with Crippen LogP contribution in [0.4, 0.5) is 4.39 Å². The summed E-state index contributed by atoms with van der Waals surface area (Å²) in [5.41, 5.74) is 1.28. The van der Waals surface area contributed by atoms with Gasteiger partial charge in [-0.1, -0.05) is 0 Å². The maximum Gasteiger partial charge on any atom is 0.211 e. The molecule has 1 saturated heterocycles. The van der Waals surface area contributed by atoms with Crippen LogP contribution in [-0.4, -0.2) is 53.9 Å². The van der Waals surface area contributed by atoms with Gasteiger partial charge in [-0.05, 0) is 19.1 Å². The first-order valence-corrected chi connectivity index (χ1v) is 9.79. The first-order valence-electron chi connectivity index (χ1n) is 7.95. The number of sulfonamides is 1. The first kappa shape index (κ1) is 18.4. The SMILES string of the molecule is Cc1cc(OC2CN(S(C)(=O)=O)C2)cc(C(=O)Cc2ccc(F)cn2)n1. The first-order chi connectivity index (χ1) is 12.2. The number of nitrogens with zero attached hydrogens (tertiary/aromatic N) is 3. The normalized spacial score (nSPS) is 15.5. The van der Waals surface area contributed by atoms with Gasteiger partial charge in [0.1, 0.15) is 23.4 Å². The summed E-state index contributed by atoms with van der Waals surface area (Å²) in [7, 11) is -3.21. The van der Waals surface area contributed by atoms with Gasteiger partial charge < -0.3 is 4.74 Å². The van der Waals surface area contributed by atoms with Gasteiger partial charge in [-0.25, -0.2) is 17.8 Å². The van der Waals surface area contributed by atoms with Crippen molar-refractivity contribution in [3.8, 4) is 5.75 Å². The lowest BCUT2D eigenvalue weighted by Crippen LogP contribution is -2.55. The minimum Gasteiger partial charge on any atom is -0.488 e. The van der Waals surface area contributed by atoms with Crippen LogP contribution in [0.3, 0.4) is 0 Å². The molecule has 1 fully saturated rings. The molecule has 26 heavy (non-hydrogen) atoms. The summed E-state index contributed by atoms with van der Waals surface area (Å²) >= 11 is 0. The Bertz CT molecular complexity index is 926. The Morgan fingerprint density at radius 3 is 2.69 bits per heavy atom. The molecule has 0 N–H and O–H groups in total. The molecule has 7 nitrogen and oxygen atoms in total. The molecule has 0 amide bonds. The molecule has 9 heteroatoms. The maximum absolute atomic E-state index is 12.9. The second-order valence-corrected chi connectivity index (χ2v) is 8.20. The van der Waals surface area contributed by atoms with Crippen LogP contribution < -0.4 is 4.74 Å². The molecule has 1 aliphatic rings. The lowest BCUT2D eigenvalue weighted by Gasteiger charge is -2.36. The van der Waals surface area contributed by atoms with E-state index in [0.29, 0.717) is 17.1 Å². The van der Waals surface area contributed by atoms with E-state index in [0.717, 1.165) is 12.5 Å². The zero-order chi connectivity index (χ0) is 18.9. The van der Waals surface area contributed by atoms with Crippen molar-refractivity contribution in [3.05, 3.63) is 53.4 Å². The zero-order valence-corrected chi connectivity index (χ0v) is 15.2. The molecule has 0 spiro atoms. The smallest absolute Gasteiger partial charge is 0.211 e. The summed E-state index contributed by atoms with van der Waals surface area (Å²) in [6.07, 6.45) is 1.96. The van der Waals surface area contributed by atoms with Gasteiger partial charge in [-0.3, -0.25) is 9.78 Å². The van der Waals surface area contributed by atoms with Gasteiger partial charge in [0.15, 0.2) is 5.78 Å². The molecule has 0 saturated carbocycles. The average Bonchev–Trinajstić information content (AvgIpc) is 2.51. The molecule has 2 aromatic heterocycles. The molecular weight excluding hydrogens is 361 g/mol. The lowest BCUT2D eigenvalue weighted by molar-refractivity contribution is 0.0763.